The van der Waals surface area contributed by atoms with E-state index in [2.05, 4.69) is 38.8 Å². The van der Waals surface area contributed by atoms with Crippen LogP contribution in [0.25, 0.3) is 0 Å². The van der Waals surface area contributed by atoms with E-state index in [1.165, 1.54) is 16.8 Å². The molecule has 3 nitrogen and oxygen atoms in total. The lowest BCUT2D eigenvalue weighted by Gasteiger charge is -2.25. The fourth-order valence-corrected chi connectivity index (χ4v) is 2.06. The Morgan fingerprint density at radius 1 is 1.29 bits per heavy atom. The average Bonchev–Trinajstić information content (AvgIpc) is 2.32. The van der Waals surface area contributed by atoms with Gasteiger partial charge in [-0.25, -0.2) is 0 Å². The second-order valence-corrected chi connectivity index (χ2v) is 4.76. The molecule has 1 unspecified atom stereocenters. The fourth-order valence-electron chi connectivity index (χ4n) is 2.06. The minimum Gasteiger partial charge on any atom is -0.496 e. The Morgan fingerprint density at radius 3 is 2.47 bits per heavy atom. The molecular formula is C14H24N2O. The van der Waals surface area contributed by atoms with Crippen molar-refractivity contribution in [1.29, 1.82) is 0 Å². The van der Waals surface area contributed by atoms with E-state index in [4.69, 9.17) is 10.5 Å². The molecule has 96 valence electrons. The first kappa shape index (κ1) is 13.8. The third-order valence-electron chi connectivity index (χ3n) is 3.33. The molecule has 0 aromatic heterocycles. The summed E-state index contributed by atoms with van der Waals surface area (Å²) in [6.45, 7) is 8.10. The molecular weight excluding hydrogens is 212 g/mol. The highest BCUT2D eigenvalue weighted by atomic mass is 16.5. The fraction of sp³-hybridized carbons (Fsp3) is 0.571. The van der Waals surface area contributed by atoms with Crippen LogP contribution in [-0.4, -0.2) is 27.2 Å². The molecule has 0 heterocycles. The predicted octanol–water partition coefficient (Wildman–Crippen LogP) is 2.34. The Labute approximate surface area is 105 Å². The van der Waals surface area contributed by atoms with Gasteiger partial charge < -0.3 is 15.4 Å². The number of anilines is 1. The molecule has 0 radical (unpaired) electrons. The normalized spacial score (nSPS) is 12.4. The summed E-state index contributed by atoms with van der Waals surface area (Å²) in [5.41, 5.74) is 9.40. The summed E-state index contributed by atoms with van der Waals surface area (Å²) in [5.74, 6) is 1.45. The maximum Gasteiger partial charge on any atom is 0.122 e. The van der Waals surface area contributed by atoms with E-state index in [1.54, 1.807) is 7.11 Å². The van der Waals surface area contributed by atoms with Crippen LogP contribution in [0.1, 0.15) is 18.1 Å². The van der Waals surface area contributed by atoms with Gasteiger partial charge in [0.2, 0.25) is 0 Å². The third kappa shape index (κ3) is 3.13. The molecule has 1 aromatic carbocycles. The van der Waals surface area contributed by atoms with Gasteiger partial charge in [0.05, 0.1) is 7.11 Å². The highest BCUT2D eigenvalue weighted by Gasteiger charge is 2.11. The highest BCUT2D eigenvalue weighted by Crippen LogP contribution is 2.29. The van der Waals surface area contributed by atoms with Crippen LogP contribution in [0, 0.1) is 19.8 Å². The lowest BCUT2D eigenvalue weighted by molar-refractivity contribution is 0.411. The molecule has 1 aromatic rings. The summed E-state index contributed by atoms with van der Waals surface area (Å²) in [6, 6.07) is 4.14. The van der Waals surface area contributed by atoms with Gasteiger partial charge in [-0.3, -0.25) is 0 Å². The summed E-state index contributed by atoms with van der Waals surface area (Å²) < 4.78 is 5.32. The number of nitrogens with two attached hydrogens (primary N) is 1. The van der Waals surface area contributed by atoms with E-state index >= 15 is 0 Å². The molecule has 0 saturated heterocycles. The molecule has 17 heavy (non-hydrogen) atoms. The Hall–Kier alpha value is -1.22. The molecule has 0 spiro atoms. The highest BCUT2D eigenvalue weighted by molar-refractivity contribution is 5.59. The van der Waals surface area contributed by atoms with Crippen molar-refractivity contribution in [2.24, 2.45) is 11.7 Å². The molecule has 0 aliphatic heterocycles. The van der Waals surface area contributed by atoms with E-state index in [0.717, 1.165) is 18.8 Å². The van der Waals surface area contributed by atoms with E-state index in [-0.39, 0.29) is 0 Å². The molecule has 0 aliphatic carbocycles. The van der Waals surface area contributed by atoms with Crippen molar-refractivity contribution in [2.75, 3.05) is 32.1 Å². The topological polar surface area (TPSA) is 38.5 Å². The molecule has 0 aliphatic rings. The zero-order valence-electron chi connectivity index (χ0n) is 11.6. The average molecular weight is 236 g/mol. The van der Waals surface area contributed by atoms with Crippen LogP contribution in [0.5, 0.6) is 5.75 Å². The lowest BCUT2D eigenvalue weighted by Crippen LogP contribution is -2.28. The second-order valence-electron chi connectivity index (χ2n) is 4.76. The SMILES string of the molecule is COc1ccc(N(C)CC(C)CN)c(C)c1C. The van der Waals surface area contributed by atoms with E-state index in [0.29, 0.717) is 5.92 Å². The van der Waals surface area contributed by atoms with Crippen molar-refractivity contribution in [3.8, 4) is 5.75 Å². The standard InChI is InChI=1S/C14H24N2O/c1-10(8-15)9-16(4)13-6-7-14(17-5)12(3)11(13)2/h6-7,10H,8-9,15H2,1-5H3. The minimum atomic E-state index is 0.502. The molecule has 0 bridgehead atoms. The largest absolute Gasteiger partial charge is 0.496 e. The van der Waals surface area contributed by atoms with Crippen LogP contribution in [0.3, 0.4) is 0 Å². The molecule has 3 heteroatoms. The van der Waals surface area contributed by atoms with Gasteiger partial charge in [-0.2, -0.15) is 0 Å². The third-order valence-corrected chi connectivity index (χ3v) is 3.33. The number of benzene rings is 1. The van der Waals surface area contributed by atoms with Gasteiger partial charge in [-0.05, 0) is 49.6 Å². The summed E-state index contributed by atoms with van der Waals surface area (Å²) in [7, 11) is 3.82. The van der Waals surface area contributed by atoms with Gasteiger partial charge in [-0.15, -0.1) is 0 Å². The van der Waals surface area contributed by atoms with Gasteiger partial charge in [0.15, 0.2) is 0 Å². The maximum atomic E-state index is 5.67. The Morgan fingerprint density at radius 2 is 1.94 bits per heavy atom. The number of nitrogens with zero attached hydrogens (tertiary/aromatic N) is 1. The summed E-state index contributed by atoms with van der Waals surface area (Å²) in [4.78, 5) is 2.26. The van der Waals surface area contributed by atoms with Crippen LogP contribution >= 0.6 is 0 Å². The summed E-state index contributed by atoms with van der Waals surface area (Å²) >= 11 is 0. The van der Waals surface area contributed by atoms with Crippen molar-refractivity contribution in [3.05, 3.63) is 23.3 Å². The Balaban J connectivity index is 2.95. The molecule has 0 amide bonds. The predicted molar refractivity (Wildman–Crippen MR) is 74.0 cm³/mol. The van der Waals surface area contributed by atoms with E-state index in [9.17, 15) is 0 Å². The molecule has 1 atom stereocenters. The zero-order chi connectivity index (χ0) is 13.0. The van der Waals surface area contributed by atoms with Crippen molar-refractivity contribution in [1.82, 2.24) is 0 Å². The number of hydrogen-bond donors (Lipinski definition) is 1. The Kier molecular flexibility index (Phi) is 4.82. The zero-order valence-corrected chi connectivity index (χ0v) is 11.6. The maximum absolute atomic E-state index is 5.67. The number of ether oxygens (including phenoxy) is 1. The van der Waals surface area contributed by atoms with E-state index in [1.807, 2.05) is 6.07 Å². The molecule has 0 saturated carbocycles. The number of hydrogen-bond acceptors (Lipinski definition) is 3. The van der Waals surface area contributed by atoms with Crippen LogP contribution < -0.4 is 15.4 Å². The van der Waals surface area contributed by atoms with Gasteiger partial charge in [0, 0.05) is 19.3 Å². The first-order valence-electron chi connectivity index (χ1n) is 6.06. The van der Waals surface area contributed by atoms with Gasteiger partial charge in [0.1, 0.15) is 5.75 Å². The van der Waals surface area contributed by atoms with Crippen LogP contribution in [-0.2, 0) is 0 Å². The molecule has 1 rings (SSSR count). The first-order chi connectivity index (χ1) is 8.01. The van der Waals surface area contributed by atoms with Crippen molar-refractivity contribution in [3.63, 3.8) is 0 Å². The van der Waals surface area contributed by atoms with Crippen LogP contribution in [0.15, 0.2) is 12.1 Å². The summed E-state index contributed by atoms with van der Waals surface area (Å²) in [6.07, 6.45) is 0. The van der Waals surface area contributed by atoms with Crippen LogP contribution in [0.2, 0.25) is 0 Å². The van der Waals surface area contributed by atoms with E-state index < -0.39 is 0 Å². The van der Waals surface area contributed by atoms with Gasteiger partial charge in [-0.1, -0.05) is 6.92 Å². The first-order valence-corrected chi connectivity index (χ1v) is 6.06. The molecule has 2 N–H and O–H groups in total. The summed E-state index contributed by atoms with van der Waals surface area (Å²) in [5, 5.41) is 0. The van der Waals surface area contributed by atoms with Gasteiger partial charge >= 0.3 is 0 Å². The lowest BCUT2D eigenvalue weighted by atomic mass is 10.0. The van der Waals surface area contributed by atoms with Gasteiger partial charge in [0.25, 0.3) is 0 Å². The smallest absolute Gasteiger partial charge is 0.122 e. The number of rotatable bonds is 5. The molecule has 0 fully saturated rings. The van der Waals surface area contributed by atoms with Crippen LogP contribution in [0.4, 0.5) is 5.69 Å². The monoisotopic (exact) mass is 236 g/mol. The minimum absolute atomic E-state index is 0.502. The van der Waals surface area contributed by atoms with Crippen molar-refractivity contribution in [2.45, 2.75) is 20.8 Å². The second kappa shape index (κ2) is 5.92. The van der Waals surface area contributed by atoms with Crippen molar-refractivity contribution < 1.29 is 4.74 Å². The van der Waals surface area contributed by atoms with Crippen molar-refractivity contribution >= 4 is 5.69 Å². The quantitative estimate of drug-likeness (QED) is 0.853. The Bertz CT molecular complexity index is 377. The number of methoxy groups -OCH3 is 1.